The lowest BCUT2D eigenvalue weighted by atomic mass is 9.96. The lowest BCUT2D eigenvalue weighted by molar-refractivity contribution is -0.135. The maximum absolute atomic E-state index is 12.7. The molecule has 0 bridgehead atoms. The molecule has 1 heterocycles. The summed E-state index contributed by atoms with van der Waals surface area (Å²) in [5, 5.41) is 0.741. The zero-order chi connectivity index (χ0) is 20.1. The normalized spacial score (nSPS) is 18.5. The van der Waals surface area contributed by atoms with E-state index < -0.39 is 6.04 Å². The third kappa shape index (κ3) is 4.75. The van der Waals surface area contributed by atoms with E-state index in [2.05, 4.69) is 48.2 Å². The highest BCUT2D eigenvalue weighted by atomic mass is 35.5. The second-order valence-corrected chi connectivity index (χ2v) is 8.07. The van der Waals surface area contributed by atoms with E-state index in [1.54, 1.807) is 0 Å². The largest absolute Gasteiger partial charge is 0.339 e. The number of hydrogen-bond donors (Lipinski definition) is 1. The standard InChI is InChI=1S/C23H30ClN3O/c1-3-17(2)21(25)23(28)27-15-13-26(14-16-27)22(18-7-5-4-6-8-18)19-9-11-20(24)12-10-19/h4-12,17,21-22H,3,13-16,25H2,1-2H3/t17-,21-,22?/m0/s1. The van der Waals surface area contributed by atoms with Crippen LogP contribution in [0.25, 0.3) is 0 Å². The van der Waals surface area contributed by atoms with Gasteiger partial charge < -0.3 is 10.6 Å². The zero-order valence-electron chi connectivity index (χ0n) is 16.7. The molecule has 150 valence electrons. The molecule has 1 aliphatic rings. The molecule has 0 aliphatic carbocycles. The van der Waals surface area contributed by atoms with Gasteiger partial charge in [0.05, 0.1) is 12.1 Å². The number of nitrogens with zero attached hydrogens (tertiary/aromatic N) is 2. The van der Waals surface area contributed by atoms with E-state index in [9.17, 15) is 4.79 Å². The first-order valence-corrected chi connectivity index (χ1v) is 10.5. The summed E-state index contributed by atoms with van der Waals surface area (Å²) >= 11 is 6.10. The second-order valence-electron chi connectivity index (χ2n) is 7.64. The van der Waals surface area contributed by atoms with E-state index in [0.29, 0.717) is 13.1 Å². The van der Waals surface area contributed by atoms with Crippen LogP contribution in [0.3, 0.4) is 0 Å². The van der Waals surface area contributed by atoms with Gasteiger partial charge in [-0.05, 0) is 29.2 Å². The van der Waals surface area contributed by atoms with Crippen molar-refractivity contribution >= 4 is 17.5 Å². The monoisotopic (exact) mass is 399 g/mol. The summed E-state index contributed by atoms with van der Waals surface area (Å²) in [7, 11) is 0. The van der Waals surface area contributed by atoms with Crippen LogP contribution in [0.15, 0.2) is 54.6 Å². The molecule has 1 unspecified atom stereocenters. The average molecular weight is 400 g/mol. The summed E-state index contributed by atoms with van der Waals surface area (Å²) in [6.07, 6.45) is 0.916. The SMILES string of the molecule is CC[C@H](C)[C@H](N)C(=O)N1CCN(C(c2ccccc2)c2ccc(Cl)cc2)CC1. The number of halogens is 1. The van der Waals surface area contributed by atoms with Gasteiger partial charge in [-0.1, -0.05) is 74.3 Å². The fourth-order valence-electron chi connectivity index (χ4n) is 3.80. The van der Waals surface area contributed by atoms with Gasteiger partial charge in [0.15, 0.2) is 0 Å². The molecule has 1 saturated heterocycles. The van der Waals surface area contributed by atoms with Crippen LogP contribution in [-0.4, -0.2) is 47.9 Å². The van der Waals surface area contributed by atoms with E-state index in [4.69, 9.17) is 17.3 Å². The Morgan fingerprint density at radius 3 is 2.14 bits per heavy atom. The zero-order valence-corrected chi connectivity index (χ0v) is 17.5. The van der Waals surface area contributed by atoms with Gasteiger partial charge in [0.1, 0.15) is 0 Å². The van der Waals surface area contributed by atoms with Gasteiger partial charge in [0.2, 0.25) is 5.91 Å². The number of nitrogens with two attached hydrogens (primary N) is 1. The third-order valence-electron chi connectivity index (χ3n) is 5.83. The molecule has 2 aromatic carbocycles. The van der Waals surface area contributed by atoms with Crippen LogP contribution in [0.1, 0.15) is 37.4 Å². The molecule has 3 atom stereocenters. The smallest absolute Gasteiger partial charge is 0.239 e. The van der Waals surface area contributed by atoms with Crippen molar-refractivity contribution < 1.29 is 4.79 Å². The fraction of sp³-hybridized carbons (Fsp3) is 0.435. The Kier molecular flexibility index (Phi) is 7.11. The number of amides is 1. The predicted molar refractivity (Wildman–Crippen MR) is 115 cm³/mol. The van der Waals surface area contributed by atoms with Gasteiger partial charge in [-0.25, -0.2) is 0 Å². The van der Waals surface area contributed by atoms with Crippen LogP contribution in [0.2, 0.25) is 5.02 Å². The van der Waals surface area contributed by atoms with Gasteiger partial charge >= 0.3 is 0 Å². The molecule has 28 heavy (non-hydrogen) atoms. The number of carbonyl (C=O) groups is 1. The van der Waals surface area contributed by atoms with Crippen molar-refractivity contribution in [2.75, 3.05) is 26.2 Å². The highest BCUT2D eigenvalue weighted by molar-refractivity contribution is 6.30. The van der Waals surface area contributed by atoms with E-state index in [1.165, 1.54) is 11.1 Å². The fourth-order valence-corrected chi connectivity index (χ4v) is 3.93. The summed E-state index contributed by atoms with van der Waals surface area (Å²) in [6, 6.07) is 18.3. The number of hydrogen-bond acceptors (Lipinski definition) is 3. The first kappa shape index (κ1) is 20.8. The van der Waals surface area contributed by atoms with Gasteiger partial charge in [-0.2, -0.15) is 0 Å². The Labute approximate surface area is 173 Å². The Hall–Kier alpha value is -1.88. The summed E-state index contributed by atoms with van der Waals surface area (Å²) in [6.45, 7) is 7.18. The molecule has 1 fully saturated rings. The minimum Gasteiger partial charge on any atom is -0.339 e. The summed E-state index contributed by atoms with van der Waals surface area (Å²) in [5.41, 5.74) is 8.64. The van der Waals surface area contributed by atoms with Crippen molar-refractivity contribution in [3.8, 4) is 0 Å². The lowest BCUT2D eigenvalue weighted by Gasteiger charge is -2.40. The third-order valence-corrected chi connectivity index (χ3v) is 6.09. The number of piperazine rings is 1. The van der Waals surface area contributed by atoms with E-state index in [0.717, 1.165) is 24.5 Å². The number of carbonyl (C=O) groups excluding carboxylic acids is 1. The van der Waals surface area contributed by atoms with Crippen LogP contribution in [0.5, 0.6) is 0 Å². The molecule has 0 aromatic heterocycles. The molecule has 2 N–H and O–H groups in total. The van der Waals surface area contributed by atoms with Gasteiger partial charge in [-0.3, -0.25) is 9.69 Å². The maximum Gasteiger partial charge on any atom is 0.239 e. The van der Waals surface area contributed by atoms with Crippen molar-refractivity contribution in [1.29, 1.82) is 0 Å². The molecule has 5 heteroatoms. The molecular formula is C23H30ClN3O. The topological polar surface area (TPSA) is 49.6 Å². The Morgan fingerprint density at radius 2 is 1.57 bits per heavy atom. The molecular weight excluding hydrogens is 370 g/mol. The van der Waals surface area contributed by atoms with Gasteiger partial charge in [0.25, 0.3) is 0 Å². The summed E-state index contributed by atoms with van der Waals surface area (Å²) in [4.78, 5) is 17.1. The highest BCUT2D eigenvalue weighted by Gasteiger charge is 2.31. The Balaban J connectivity index is 1.75. The second kappa shape index (κ2) is 9.55. The lowest BCUT2D eigenvalue weighted by Crippen LogP contribution is -2.55. The summed E-state index contributed by atoms with van der Waals surface area (Å²) in [5.74, 6) is 0.286. The summed E-state index contributed by atoms with van der Waals surface area (Å²) < 4.78 is 0. The first-order valence-electron chi connectivity index (χ1n) is 10.1. The van der Waals surface area contributed by atoms with E-state index in [1.807, 2.05) is 30.0 Å². The molecule has 0 spiro atoms. The van der Waals surface area contributed by atoms with Crippen molar-refractivity contribution in [2.45, 2.75) is 32.4 Å². The van der Waals surface area contributed by atoms with E-state index in [-0.39, 0.29) is 17.9 Å². The van der Waals surface area contributed by atoms with Gasteiger partial charge in [0, 0.05) is 31.2 Å². The first-order chi connectivity index (χ1) is 13.5. The van der Waals surface area contributed by atoms with Crippen molar-refractivity contribution in [2.24, 2.45) is 11.7 Å². The Morgan fingerprint density at radius 1 is 1.00 bits per heavy atom. The van der Waals surface area contributed by atoms with Crippen LogP contribution < -0.4 is 5.73 Å². The van der Waals surface area contributed by atoms with Crippen molar-refractivity contribution in [3.05, 3.63) is 70.7 Å². The average Bonchev–Trinajstić information content (AvgIpc) is 2.75. The molecule has 1 aliphatic heterocycles. The molecule has 0 radical (unpaired) electrons. The molecule has 3 rings (SSSR count). The molecule has 2 aromatic rings. The van der Waals surface area contributed by atoms with Gasteiger partial charge in [-0.15, -0.1) is 0 Å². The quantitative estimate of drug-likeness (QED) is 0.800. The molecule has 0 saturated carbocycles. The minimum absolute atomic E-state index is 0.0803. The number of benzene rings is 2. The highest BCUT2D eigenvalue weighted by Crippen LogP contribution is 2.30. The van der Waals surface area contributed by atoms with Crippen LogP contribution in [-0.2, 0) is 4.79 Å². The minimum atomic E-state index is -0.405. The predicted octanol–water partition coefficient (Wildman–Crippen LogP) is 3.95. The van der Waals surface area contributed by atoms with Crippen LogP contribution in [0, 0.1) is 5.92 Å². The number of rotatable bonds is 6. The molecule has 4 nitrogen and oxygen atoms in total. The maximum atomic E-state index is 12.7. The van der Waals surface area contributed by atoms with E-state index >= 15 is 0 Å². The van der Waals surface area contributed by atoms with Crippen molar-refractivity contribution in [1.82, 2.24) is 9.80 Å². The Bertz CT molecular complexity index is 757. The molecule has 1 amide bonds. The van der Waals surface area contributed by atoms with Crippen LogP contribution >= 0.6 is 11.6 Å². The van der Waals surface area contributed by atoms with Crippen LogP contribution in [0.4, 0.5) is 0 Å². The van der Waals surface area contributed by atoms with Crippen molar-refractivity contribution in [3.63, 3.8) is 0 Å².